The lowest BCUT2D eigenvalue weighted by atomic mass is 10.1. The third-order valence-electron chi connectivity index (χ3n) is 5.20. The van der Waals surface area contributed by atoms with Crippen LogP contribution in [0.25, 0.3) is 10.2 Å². The fourth-order valence-electron chi connectivity index (χ4n) is 3.57. The van der Waals surface area contributed by atoms with E-state index in [4.69, 9.17) is 14.2 Å². The topological polar surface area (TPSA) is 60.9 Å². The molecule has 0 unspecified atom stereocenters. The normalized spacial score (nSPS) is 14.7. The van der Waals surface area contributed by atoms with Crippen LogP contribution in [0.3, 0.4) is 0 Å². The fourth-order valence-corrected chi connectivity index (χ4v) is 4.48. The van der Waals surface area contributed by atoms with E-state index in [-0.39, 0.29) is 17.8 Å². The number of likely N-dealkylation sites (tertiary alicyclic amines) is 1. The molecule has 1 aliphatic heterocycles. The van der Waals surface area contributed by atoms with Crippen LogP contribution in [0.15, 0.2) is 36.4 Å². The Labute approximate surface area is 178 Å². The molecule has 6 nitrogen and oxygen atoms in total. The third kappa shape index (κ3) is 4.48. The molecule has 1 aromatic heterocycles. The first kappa shape index (κ1) is 20.4. The number of rotatable bonds is 6. The van der Waals surface area contributed by atoms with Gasteiger partial charge < -0.3 is 19.1 Å². The SMILES string of the molecule is COc1ccc(CC(=O)N2CCC(Oc3nc4ccc(F)cc4s3)CC2)cc1OC. The Morgan fingerprint density at radius 1 is 1.13 bits per heavy atom. The second-order valence-corrected chi connectivity index (χ2v) is 8.15. The number of aromatic nitrogens is 1. The van der Waals surface area contributed by atoms with E-state index in [9.17, 15) is 9.18 Å². The highest BCUT2D eigenvalue weighted by atomic mass is 32.1. The highest BCUT2D eigenvalue weighted by Crippen LogP contribution is 2.31. The van der Waals surface area contributed by atoms with Crippen LogP contribution in [0.4, 0.5) is 4.39 Å². The molecule has 30 heavy (non-hydrogen) atoms. The number of fused-ring (bicyclic) bond motifs is 1. The molecular weight excluding hydrogens is 407 g/mol. The molecule has 0 N–H and O–H groups in total. The zero-order valence-corrected chi connectivity index (χ0v) is 17.7. The maximum absolute atomic E-state index is 13.3. The third-order valence-corrected chi connectivity index (χ3v) is 6.11. The van der Waals surface area contributed by atoms with E-state index < -0.39 is 0 Å². The number of nitrogens with zero attached hydrogens (tertiary/aromatic N) is 2. The molecular formula is C22H23FN2O4S. The molecule has 158 valence electrons. The standard InChI is InChI=1S/C22H23FN2O4S/c1-27-18-6-3-14(11-19(18)28-2)12-21(26)25-9-7-16(8-10-25)29-22-24-17-5-4-15(23)13-20(17)30-22/h3-6,11,13,16H,7-10,12H2,1-2H3. The lowest BCUT2D eigenvalue weighted by molar-refractivity contribution is -0.132. The summed E-state index contributed by atoms with van der Waals surface area (Å²) >= 11 is 1.34. The van der Waals surface area contributed by atoms with Gasteiger partial charge in [0.25, 0.3) is 5.19 Å². The summed E-state index contributed by atoms with van der Waals surface area (Å²) in [4.78, 5) is 19.0. The van der Waals surface area contributed by atoms with Crippen LogP contribution in [0.1, 0.15) is 18.4 Å². The van der Waals surface area contributed by atoms with Crippen LogP contribution in [0.5, 0.6) is 16.7 Å². The number of ether oxygens (including phenoxy) is 3. The number of hydrogen-bond acceptors (Lipinski definition) is 6. The van der Waals surface area contributed by atoms with Crippen molar-refractivity contribution < 1.29 is 23.4 Å². The number of carbonyl (C=O) groups is 1. The molecule has 1 aliphatic rings. The number of carbonyl (C=O) groups excluding carboxylic acids is 1. The van der Waals surface area contributed by atoms with Gasteiger partial charge in [0.05, 0.1) is 30.9 Å². The van der Waals surface area contributed by atoms with Gasteiger partial charge in [-0.05, 0) is 35.9 Å². The summed E-state index contributed by atoms with van der Waals surface area (Å²) in [6.07, 6.45) is 1.79. The molecule has 3 aromatic rings. The molecule has 2 aromatic carbocycles. The summed E-state index contributed by atoms with van der Waals surface area (Å²) in [6, 6.07) is 10.0. The number of hydrogen-bond donors (Lipinski definition) is 0. The molecule has 2 heterocycles. The summed E-state index contributed by atoms with van der Waals surface area (Å²) in [5.74, 6) is 1.06. The molecule has 1 saturated heterocycles. The molecule has 1 fully saturated rings. The Morgan fingerprint density at radius 2 is 1.90 bits per heavy atom. The lowest BCUT2D eigenvalue weighted by Gasteiger charge is -2.31. The van der Waals surface area contributed by atoms with Crippen LogP contribution in [-0.2, 0) is 11.2 Å². The largest absolute Gasteiger partial charge is 0.493 e. The molecule has 0 saturated carbocycles. The Kier molecular flexibility index (Phi) is 6.03. The molecule has 1 amide bonds. The quantitative estimate of drug-likeness (QED) is 0.590. The van der Waals surface area contributed by atoms with Gasteiger partial charge in [0.2, 0.25) is 5.91 Å². The van der Waals surface area contributed by atoms with Gasteiger partial charge >= 0.3 is 0 Å². The summed E-state index contributed by atoms with van der Waals surface area (Å²) in [7, 11) is 3.16. The molecule has 0 radical (unpaired) electrons. The Morgan fingerprint density at radius 3 is 2.63 bits per heavy atom. The van der Waals surface area contributed by atoms with Crippen molar-refractivity contribution in [1.82, 2.24) is 9.88 Å². The Bertz CT molecular complexity index is 1050. The Hall–Kier alpha value is -2.87. The summed E-state index contributed by atoms with van der Waals surface area (Å²) in [5.41, 5.74) is 1.62. The maximum atomic E-state index is 13.3. The van der Waals surface area contributed by atoms with E-state index in [1.807, 2.05) is 23.1 Å². The van der Waals surface area contributed by atoms with E-state index in [0.29, 0.717) is 36.2 Å². The molecule has 0 atom stereocenters. The lowest BCUT2D eigenvalue weighted by Crippen LogP contribution is -2.42. The van der Waals surface area contributed by atoms with Crippen molar-refractivity contribution in [3.05, 3.63) is 47.8 Å². The molecule has 0 spiro atoms. The zero-order chi connectivity index (χ0) is 21.1. The summed E-state index contributed by atoms with van der Waals surface area (Å²) in [5, 5.41) is 0.547. The van der Waals surface area contributed by atoms with Crippen LogP contribution in [-0.4, -0.2) is 49.2 Å². The molecule has 0 bridgehead atoms. The van der Waals surface area contributed by atoms with Gasteiger partial charge in [-0.15, -0.1) is 0 Å². The summed E-state index contributed by atoms with van der Waals surface area (Å²) < 4.78 is 30.7. The minimum absolute atomic E-state index is 0.000500. The minimum Gasteiger partial charge on any atom is -0.493 e. The highest BCUT2D eigenvalue weighted by Gasteiger charge is 2.25. The van der Waals surface area contributed by atoms with Crippen molar-refractivity contribution >= 4 is 27.5 Å². The first-order chi connectivity index (χ1) is 14.6. The number of thiazole rings is 1. The van der Waals surface area contributed by atoms with Crippen molar-refractivity contribution in [3.8, 4) is 16.7 Å². The average Bonchev–Trinajstić information content (AvgIpc) is 3.15. The van der Waals surface area contributed by atoms with Gasteiger partial charge in [0.15, 0.2) is 11.5 Å². The Balaban J connectivity index is 1.32. The molecule has 0 aliphatic carbocycles. The van der Waals surface area contributed by atoms with Gasteiger partial charge in [-0.3, -0.25) is 4.79 Å². The predicted octanol–water partition coefficient (Wildman–Crippen LogP) is 4.07. The van der Waals surface area contributed by atoms with E-state index >= 15 is 0 Å². The second-order valence-electron chi connectivity index (χ2n) is 7.16. The van der Waals surface area contributed by atoms with Crippen molar-refractivity contribution in [2.75, 3.05) is 27.3 Å². The van der Waals surface area contributed by atoms with E-state index in [2.05, 4.69) is 4.98 Å². The van der Waals surface area contributed by atoms with Crippen LogP contribution in [0.2, 0.25) is 0 Å². The van der Waals surface area contributed by atoms with Crippen LogP contribution < -0.4 is 14.2 Å². The zero-order valence-electron chi connectivity index (χ0n) is 16.9. The molecule has 4 rings (SSSR count). The number of halogens is 1. The highest BCUT2D eigenvalue weighted by molar-refractivity contribution is 7.20. The molecule has 8 heteroatoms. The minimum atomic E-state index is -0.279. The van der Waals surface area contributed by atoms with Crippen molar-refractivity contribution in [3.63, 3.8) is 0 Å². The van der Waals surface area contributed by atoms with Crippen LogP contribution >= 0.6 is 11.3 Å². The van der Waals surface area contributed by atoms with Gasteiger partial charge in [-0.1, -0.05) is 17.4 Å². The van der Waals surface area contributed by atoms with Gasteiger partial charge in [-0.2, -0.15) is 0 Å². The fraction of sp³-hybridized carbons (Fsp3) is 0.364. The first-order valence-corrected chi connectivity index (χ1v) is 10.6. The van der Waals surface area contributed by atoms with Crippen molar-refractivity contribution in [2.24, 2.45) is 0 Å². The first-order valence-electron chi connectivity index (χ1n) is 9.77. The van der Waals surface area contributed by atoms with Crippen LogP contribution in [0, 0.1) is 5.82 Å². The van der Waals surface area contributed by atoms with E-state index in [0.717, 1.165) is 28.6 Å². The number of methoxy groups -OCH3 is 2. The summed E-state index contributed by atoms with van der Waals surface area (Å²) in [6.45, 7) is 1.27. The predicted molar refractivity (Wildman–Crippen MR) is 113 cm³/mol. The van der Waals surface area contributed by atoms with Gasteiger partial charge in [0, 0.05) is 25.9 Å². The second kappa shape index (κ2) is 8.87. The maximum Gasteiger partial charge on any atom is 0.274 e. The van der Waals surface area contributed by atoms with Crippen molar-refractivity contribution in [1.29, 1.82) is 0 Å². The number of benzene rings is 2. The van der Waals surface area contributed by atoms with Crippen molar-refractivity contribution in [2.45, 2.75) is 25.4 Å². The monoisotopic (exact) mass is 430 g/mol. The van der Waals surface area contributed by atoms with Gasteiger partial charge in [-0.25, -0.2) is 9.37 Å². The number of piperidine rings is 1. The average molecular weight is 431 g/mol. The van der Waals surface area contributed by atoms with E-state index in [1.165, 1.54) is 23.5 Å². The van der Waals surface area contributed by atoms with E-state index in [1.54, 1.807) is 20.3 Å². The van der Waals surface area contributed by atoms with Gasteiger partial charge in [0.1, 0.15) is 11.9 Å². The smallest absolute Gasteiger partial charge is 0.274 e. The number of amides is 1.